The van der Waals surface area contributed by atoms with Crippen molar-refractivity contribution in [3.8, 4) is 6.07 Å². The Balaban J connectivity index is 2.61. The van der Waals surface area contributed by atoms with Crippen LogP contribution in [-0.4, -0.2) is 29.8 Å². The van der Waals surface area contributed by atoms with Gasteiger partial charge in [0.2, 0.25) is 11.8 Å². The number of carbonyl (C=O) groups is 2. The van der Waals surface area contributed by atoms with Crippen molar-refractivity contribution in [2.24, 2.45) is 5.92 Å². The molecule has 5 heteroatoms. The van der Waals surface area contributed by atoms with Crippen molar-refractivity contribution in [3.63, 3.8) is 0 Å². The van der Waals surface area contributed by atoms with Crippen LogP contribution in [0.5, 0.6) is 0 Å². The predicted molar refractivity (Wildman–Crippen MR) is 81.5 cm³/mol. The first-order valence-corrected chi connectivity index (χ1v) is 6.98. The Bertz CT molecular complexity index is 547. The molecule has 0 bridgehead atoms. The lowest BCUT2D eigenvalue weighted by Gasteiger charge is -2.21. The quantitative estimate of drug-likeness (QED) is 0.873. The molecule has 1 aromatic carbocycles. The topological polar surface area (TPSA) is 73.2 Å². The van der Waals surface area contributed by atoms with Crippen LogP contribution in [0.1, 0.15) is 32.8 Å². The van der Waals surface area contributed by atoms with Crippen LogP contribution >= 0.6 is 0 Å². The van der Waals surface area contributed by atoms with E-state index in [4.69, 9.17) is 5.26 Å². The standard InChI is InChI=1S/C16H21N3O2/c1-12(2)7-8-19(13(3)20)11-16(21)18-15-6-4-5-14(9-15)10-17/h4-6,9,12H,7-8,11H2,1-3H3,(H,18,21). The maximum absolute atomic E-state index is 12.0. The van der Waals surface area contributed by atoms with Gasteiger partial charge in [-0.1, -0.05) is 19.9 Å². The minimum Gasteiger partial charge on any atom is -0.334 e. The molecule has 0 aromatic heterocycles. The number of benzene rings is 1. The summed E-state index contributed by atoms with van der Waals surface area (Å²) in [5.74, 6) is 0.0999. The van der Waals surface area contributed by atoms with Gasteiger partial charge in [0.15, 0.2) is 0 Å². The van der Waals surface area contributed by atoms with Crippen LogP contribution in [0.3, 0.4) is 0 Å². The average Bonchev–Trinajstić information content (AvgIpc) is 2.43. The first kappa shape index (κ1) is 16.7. The fourth-order valence-electron chi connectivity index (χ4n) is 1.80. The molecular formula is C16H21N3O2. The summed E-state index contributed by atoms with van der Waals surface area (Å²) in [6.45, 7) is 6.21. The van der Waals surface area contributed by atoms with Crippen molar-refractivity contribution in [3.05, 3.63) is 29.8 Å². The van der Waals surface area contributed by atoms with Crippen LogP contribution in [-0.2, 0) is 9.59 Å². The van der Waals surface area contributed by atoms with Crippen LogP contribution in [0.15, 0.2) is 24.3 Å². The summed E-state index contributed by atoms with van der Waals surface area (Å²) >= 11 is 0. The number of carbonyl (C=O) groups excluding carboxylic acids is 2. The molecule has 1 aromatic rings. The summed E-state index contributed by atoms with van der Waals surface area (Å²) in [4.78, 5) is 25.1. The molecule has 112 valence electrons. The lowest BCUT2D eigenvalue weighted by Crippen LogP contribution is -2.37. The van der Waals surface area contributed by atoms with E-state index in [1.54, 1.807) is 24.3 Å². The Morgan fingerprint density at radius 2 is 2.10 bits per heavy atom. The van der Waals surface area contributed by atoms with Gasteiger partial charge in [-0.15, -0.1) is 0 Å². The van der Waals surface area contributed by atoms with Crippen LogP contribution in [0.4, 0.5) is 5.69 Å². The summed E-state index contributed by atoms with van der Waals surface area (Å²) < 4.78 is 0. The fraction of sp³-hybridized carbons (Fsp3) is 0.438. The third kappa shape index (κ3) is 6.09. The number of hydrogen-bond donors (Lipinski definition) is 1. The lowest BCUT2D eigenvalue weighted by molar-refractivity contribution is -0.132. The summed E-state index contributed by atoms with van der Waals surface area (Å²) in [7, 11) is 0. The largest absolute Gasteiger partial charge is 0.334 e. The van der Waals surface area contributed by atoms with E-state index in [2.05, 4.69) is 19.2 Å². The van der Waals surface area contributed by atoms with Gasteiger partial charge in [-0.2, -0.15) is 5.26 Å². The first-order valence-electron chi connectivity index (χ1n) is 6.98. The zero-order valence-corrected chi connectivity index (χ0v) is 12.7. The number of amides is 2. The van der Waals surface area contributed by atoms with Gasteiger partial charge < -0.3 is 10.2 Å². The number of nitrogens with zero attached hydrogens (tertiary/aromatic N) is 2. The number of hydrogen-bond acceptors (Lipinski definition) is 3. The second kappa shape index (κ2) is 8.05. The monoisotopic (exact) mass is 287 g/mol. The molecule has 21 heavy (non-hydrogen) atoms. The van der Waals surface area contributed by atoms with Crippen molar-refractivity contribution < 1.29 is 9.59 Å². The number of anilines is 1. The normalized spacial score (nSPS) is 10.0. The van der Waals surface area contributed by atoms with Crippen LogP contribution < -0.4 is 5.32 Å². The van der Waals surface area contributed by atoms with Gasteiger partial charge >= 0.3 is 0 Å². The highest BCUT2D eigenvalue weighted by atomic mass is 16.2. The highest BCUT2D eigenvalue weighted by Crippen LogP contribution is 2.10. The molecule has 0 aliphatic heterocycles. The molecule has 0 aliphatic rings. The van der Waals surface area contributed by atoms with E-state index in [0.717, 1.165) is 6.42 Å². The molecule has 0 spiro atoms. The summed E-state index contributed by atoms with van der Waals surface area (Å²) in [5, 5.41) is 11.5. The Morgan fingerprint density at radius 3 is 2.67 bits per heavy atom. The predicted octanol–water partition coefficient (Wildman–Crippen LogP) is 2.39. The Hall–Kier alpha value is -2.35. The van der Waals surface area contributed by atoms with Crippen LogP contribution in [0, 0.1) is 17.2 Å². The van der Waals surface area contributed by atoms with Crippen LogP contribution in [0.2, 0.25) is 0 Å². The minimum atomic E-state index is -0.260. The van der Waals surface area contributed by atoms with E-state index < -0.39 is 0 Å². The number of rotatable bonds is 6. The lowest BCUT2D eigenvalue weighted by atomic mass is 10.1. The summed E-state index contributed by atoms with van der Waals surface area (Å²) in [5.41, 5.74) is 1.04. The van der Waals surface area contributed by atoms with Crippen molar-refractivity contribution in [1.82, 2.24) is 4.90 Å². The summed E-state index contributed by atoms with van der Waals surface area (Å²) in [6.07, 6.45) is 0.858. The molecule has 0 atom stereocenters. The maximum Gasteiger partial charge on any atom is 0.243 e. The second-order valence-corrected chi connectivity index (χ2v) is 5.36. The van der Waals surface area contributed by atoms with Crippen molar-refractivity contribution >= 4 is 17.5 Å². The number of nitrogens with one attached hydrogen (secondary N) is 1. The van der Waals surface area contributed by atoms with Gasteiger partial charge in [0, 0.05) is 19.2 Å². The van der Waals surface area contributed by atoms with E-state index >= 15 is 0 Å². The van der Waals surface area contributed by atoms with E-state index in [-0.39, 0.29) is 18.4 Å². The molecule has 0 unspecified atom stereocenters. The zero-order valence-electron chi connectivity index (χ0n) is 12.7. The van der Waals surface area contributed by atoms with Gasteiger partial charge in [-0.05, 0) is 30.5 Å². The van der Waals surface area contributed by atoms with E-state index in [1.807, 2.05) is 6.07 Å². The highest BCUT2D eigenvalue weighted by molar-refractivity contribution is 5.94. The van der Waals surface area contributed by atoms with Gasteiger partial charge in [0.25, 0.3) is 0 Å². The second-order valence-electron chi connectivity index (χ2n) is 5.36. The van der Waals surface area contributed by atoms with E-state index in [9.17, 15) is 9.59 Å². The molecule has 1 rings (SSSR count). The molecule has 0 saturated carbocycles. The van der Waals surface area contributed by atoms with Gasteiger partial charge in [0.05, 0.1) is 18.2 Å². The fourth-order valence-corrected chi connectivity index (χ4v) is 1.80. The molecule has 0 radical (unpaired) electrons. The van der Waals surface area contributed by atoms with E-state index in [1.165, 1.54) is 11.8 Å². The average molecular weight is 287 g/mol. The Kier molecular flexibility index (Phi) is 6.41. The molecule has 0 fully saturated rings. The molecule has 0 saturated heterocycles. The zero-order chi connectivity index (χ0) is 15.8. The smallest absolute Gasteiger partial charge is 0.243 e. The summed E-state index contributed by atoms with van der Waals surface area (Å²) in [6, 6.07) is 8.70. The van der Waals surface area contributed by atoms with E-state index in [0.29, 0.717) is 23.7 Å². The molecule has 0 aliphatic carbocycles. The van der Waals surface area contributed by atoms with Crippen molar-refractivity contribution in [2.75, 3.05) is 18.4 Å². The third-order valence-electron chi connectivity index (χ3n) is 3.03. The molecule has 0 heterocycles. The molecule has 2 amide bonds. The minimum absolute atomic E-state index is 0.0266. The van der Waals surface area contributed by atoms with Gasteiger partial charge in [0.1, 0.15) is 0 Å². The molecular weight excluding hydrogens is 266 g/mol. The SMILES string of the molecule is CC(=O)N(CCC(C)C)CC(=O)Nc1cccc(C#N)c1. The number of nitriles is 1. The highest BCUT2D eigenvalue weighted by Gasteiger charge is 2.14. The maximum atomic E-state index is 12.0. The van der Waals surface area contributed by atoms with Crippen LogP contribution in [0.25, 0.3) is 0 Å². The van der Waals surface area contributed by atoms with Crippen molar-refractivity contribution in [1.29, 1.82) is 5.26 Å². The Labute approximate surface area is 125 Å². The third-order valence-corrected chi connectivity index (χ3v) is 3.03. The first-order chi connectivity index (χ1) is 9.92. The van der Waals surface area contributed by atoms with Gasteiger partial charge in [-0.3, -0.25) is 9.59 Å². The van der Waals surface area contributed by atoms with Crippen molar-refractivity contribution in [2.45, 2.75) is 27.2 Å². The molecule has 1 N–H and O–H groups in total. The molecule has 5 nitrogen and oxygen atoms in total. The van der Waals surface area contributed by atoms with Gasteiger partial charge in [-0.25, -0.2) is 0 Å². The Morgan fingerprint density at radius 1 is 1.38 bits per heavy atom.